The Hall–Kier alpha value is -1.39. The SMILES string of the molecule is OCCC=Cc1cnc2ccc(Cl)nn12. The van der Waals surface area contributed by atoms with Crippen LogP contribution in [0.25, 0.3) is 11.7 Å². The van der Waals surface area contributed by atoms with Crippen LogP contribution in [0.1, 0.15) is 12.1 Å². The van der Waals surface area contributed by atoms with Gasteiger partial charge < -0.3 is 5.11 Å². The molecule has 0 saturated carbocycles. The van der Waals surface area contributed by atoms with Gasteiger partial charge in [-0.05, 0) is 24.6 Å². The molecule has 78 valence electrons. The molecule has 0 aliphatic heterocycles. The number of aromatic nitrogens is 3. The summed E-state index contributed by atoms with van der Waals surface area (Å²) in [5.74, 6) is 0. The summed E-state index contributed by atoms with van der Waals surface area (Å²) in [7, 11) is 0. The van der Waals surface area contributed by atoms with Crippen LogP contribution in [0.2, 0.25) is 5.15 Å². The van der Waals surface area contributed by atoms with E-state index in [1.165, 1.54) is 0 Å². The van der Waals surface area contributed by atoms with Crippen LogP contribution in [0.3, 0.4) is 0 Å². The second-order valence-corrected chi connectivity index (χ2v) is 3.41. The van der Waals surface area contributed by atoms with Gasteiger partial charge in [0.1, 0.15) is 5.15 Å². The Bertz CT molecular complexity index is 492. The van der Waals surface area contributed by atoms with E-state index in [4.69, 9.17) is 16.7 Å². The standard InChI is InChI=1S/C10H10ClN3O/c11-9-4-5-10-12-7-8(14(10)13-9)3-1-2-6-15/h1,3-5,7,15H,2,6H2. The van der Waals surface area contributed by atoms with Crippen molar-refractivity contribution in [2.75, 3.05) is 6.61 Å². The third-order valence-corrected chi connectivity index (χ3v) is 2.14. The molecule has 0 unspecified atom stereocenters. The number of rotatable bonds is 3. The molecule has 15 heavy (non-hydrogen) atoms. The molecule has 0 aromatic carbocycles. The van der Waals surface area contributed by atoms with Crippen LogP contribution in [0, 0.1) is 0 Å². The average molecular weight is 224 g/mol. The molecular weight excluding hydrogens is 214 g/mol. The third kappa shape index (κ3) is 2.16. The highest BCUT2D eigenvalue weighted by molar-refractivity contribution is 6.29. The number of hydrogen-bond donors (Lipinski definition) is 1. The highest BCUT2D eigenvalue weighted by Crippen LogP contribution is 2.10. The van der Waals surface area contributed by atoms with Crippen molar-refractivity contribution >= 4 is 23.3 Å². The first-order chi connectivity index (χ1) is 7.31. The van der Waals surface area contributed by atoms with Gasteiger partial charge in [0.2, 0.25) is 0 Å². The van der Waals surface area contributed by atoms with E-state index in [1.54, 1.807) is 22.8 Å². The van der Waals surface area contributed by atoms with Gasteiger partial charge in [-0.15, -0.1) is 0 Å². The van der Waals surface area contributed by atoms with Crippen molar-refractivity contribution in [3.8, 4) is 0 Å². The lowest BCUT2D eigenvalue weighted by atomic mass is 10.3. The molecule has 5 heteroatoms. The molecule has 0 aliphatic rings. The van der Waals surface area contributed by atoms with Crippen LogP contribution in [0.15, 0.2) is 24.4 Å². The lowest BCUT2D eigenvalue weighted by Gasteiger charge is -1.95. The van der Waals surface area contributed by atoms with Gasteiger partial charge in [-0.3, -0.25) is 0 Å². The van der Waals surface area contributed by atoms with E-state index in [0.29, 0.717) is 11.6 Å². The van der Waals surface area contributed by atoms with Crippen molar-refractivity contribution in [1.29, 1.82) is 0 Å². The van der Waals surface area contributed by atoms with E-state index in [9.17, 15) is 0 Å². The number of fused-ring (bicyclic) bond motifs is 1. The monoisotopic (exact) mass is 223 g/mol. The fraction of sp³-hybridized carbons (Fsp3) is 0.200. The Balaban J connectivity index is 2.39. The molecule has 2 heterocycles. The Labute approximate surface area is 91.8 Å². The quantitative estimate of drug-likeness (QED) is 0.863. The average Bonchev–Trinajstić information content (AvgIpc) is 2.62. The predicted octanol–water partition coefficient (Wildman–Crippen LogP) is 1.78. The van der Waals surface area contributed by atoms with Gasteiger partial charge in [0.05, 0.1) is 11.9 Å². The fourth-order valence-electron chi connectivity index (χ4n) is 1.26. The second kappa shape index (κ2) is 4.42. The van der Waals surface area contributed by atoms with E-state index in [2.05, 4.69) is 10.1 Å². The topological polar surface area (TPSA) is 50.4 Å². The molecule has 4 nitrogen and oxygen atoms in total. The Morgan fingerprint density at radius 2 is 2.33 bits per heavy atom. The molecule has 0 bridgehead atoms. The molecule has 0 radical (unpaired) electrons. The van der Waals surface area contributed by atoms with Crippen LogP contribution < -0.4 is 0 Å². The van der Waals surface area contributed by atoms with Crippen LogP contribution in [-0.4, -0.2) is 26.3 Å². The van der Waals surface area contributed by atoms with Crippen LogP contribution in [-0.2, 0) is 0 Å². The van der Waals surface area contributed by atoms with Crippen molar-refractivity contribution in [1.82, 2.24) is 14.6 Å². The number of halogens is 1. The summed E-state index contributed by atoms with van der Waals surface area (Å²) in [6.45, 7) is 0.140. The minimum Gasteiger partial charge on any atom is -0.396 e. The fourth-order valence-corrected chi connectivity index (χ4v) is 1.40. The highest BCUT2D eigenvalue weighted by atomic mass is 35.5. The van der Waals surface area contributed by atoms with Crippen molar-refractivity contribution < 1.29 is 5.11 Å². The molecule has 2 aromatic rings. The van der Waals surface area contributed by atoms with Crippen LogP contribution >= 0.6 is 11.6 Å². The number of nitrogens with zero attached hydrogens (tertiary/aromatic N) is 3. The largest absolute Gasteiger partial charge is 0.396 e. The van der Waals surface area contributed by atoms with E-state index >= 15 is 0 Å². The Morgan fingerprint density at radius 3 is 3.13 bits per heavy atom. The molecule has 2 aromatic heterocycles. The first-order valence-electron chi connectivity index (χ1n) is 4.59. The Morgan fingerprint density at radius 1 is 1.47 bits per heavy atom. The molecular formula is C10H10ClN3O. The maximum atomic E-state index is 8.64. The summed E-state index contributed by atoms with van der Waals surface area (Å²) in [6, 6.07) is 3.50. The van der Waals surface area contributed by atoms with Gasteiger partial charge in [-0.25, -0.2) is 9.50 Å². The van der Waals surface area contributed by atoms with E-state index in [0.717, 1.165) is 11.3 Å². The summed E-state index contributed by atoms with van der Waals surface area (Å²) >= 11 is 5.79. The lowest BCUT2D eigenvalue weighted by Crippen LogP contribution is -1.93. The molecule has 1 N–H and O–H groups in total. The zero-order valence-corrected chi connectivity index (χ0v) is 8.72. The van der Waals surface area contributed by atoms with Crippen molar-refractivity contribution in [3.63, 3.8) is 0 Å². The maximum Gasteiger partial charge on any atom is 0.154 e. The first kappa shape index (κ1) is 10.1. The van der Waals surface area contributed by atoms with Gasteiger partial charge >= 0.3 is 0 Å². The summed E-state index contributed by atoms with van der Waals surface area (Å²) in [5.41, 5.74) is 1.60. The van der Waals surface area contributed by atoms with Crippen LogP contribution in [0.5, 0.6) is 0 Å². The van der Waals surface area contributed by atoms with Gasteiger partial charge in [0, 0.05) is 6.61 Å². The zero-order chi connectivity index (χ0) is 10.7. The molecule has 0 saturated heterocycles. The van der Waals surface area contributed by atoms with Gasteiger partial charge in [0.15, 0.2) is 5.65 Å². The first-order valence-corrected chi connectivity index (χ1v) is 4.97. The van der Waals surface area contributed by atoms with E-state index in [-0.39, 0.29) is 6.61 Å². The molecule has 0 atom stereocenters. The van der Waals surface area contributed by atoms with Crippen LogP contribution in [0.4, 0.5) is 0 Å². The summed E-state index contributed by atoms with van der Waals surface area (Å²) < 4.78 is 1.66. The summed E-state index contributed by atoms with van der Waals surface area (Å²) in [6.07, 6.45) is 6.06. The van der Waals surface area contributed by atoms with Crippen molar-refractivity contribution in [3.05, 3.63) is 35.3 Å². The van der Waals surface area contributed by atoms with Gasteiger partial charge in [0.25, 0.3) is 0 Å². The molecule has 0 fully saturated rings. The number of hydrogen-bond acceptors (Lipinski definition) is 3. The van der Waals surface area contributed by atoms with Crippen molar-refractivity contribution in [2.24, 2.45) is 0 Å². The summed E-state index contributed by atoms with van der Waals surface area (Å²) in [5, 5.41) is 13.2. The molecule has 0 spiro atoms. The number of aliphatic hydroxyl groups is 1. The number of imidazole rings is 1. The van der Waals surface area contributed by atoms with E-state index < -0.39 is 0 Å². The Kier molecular flexibility index (Phi) is 2.99. The summed E-state index contributed by atoms with van der Waals surface area (Å²) in [4.78, 5) is 4.17. The number of aliphatic hydroxyl groups excluding tert-OH is 1. The molecule has 2 rings (SSSR count). The predicted molar refractivity (Wildman–Crippen MR) is 58.7 cm³/mol. The van der Waals surface area contributed by atoms with Crippen molar-refractivity contribution in [2.45, 2.75) is 6.42 Å². The highest BCUT2D eigenvalue weighted by Gasteiger charge is 2.01. The smallest absolute Gasteiger partial charge is 0.154 e. The second-order valence-electron chi connectivity index (χ2n) is 3.02. The lowest BCUT2D eigenvalue weighted by molar-refractivity contribution is 0.303. The van der Waals surface area contributed by atoms with E-state index in [1.807, 2.05) is 12.2 Å². The van der Waals surface area contributed by atoms with Gasteiger partial charge in [-0.2, -0.15) is 5.10 Å². The third-order valence-electron chi connectivity index (χ3n) is 1.94. The minimum atomic E-state index is 0.140. The normalized spacial score (nSPS) is 11.6. The molecule has 0 aliphatic carbocycles. The minimum absolute atomic E-state index is 0.140. The van der Waals surface area contributed by atoms with Gasteiger partial charge in [-0.1, -0.05) is 17.7 Å². The zero-order valence-electron chi connectivity index (χ0n) is 7.97. The molecule has 0 amide bonds. The maximum absolute atomic E-state index is 8.64.